The van der Waals surface area contributed by atoms with E-state index < -0.39 is 0 Å². The standard InChI is InChI=1S/C13H15N5O/c19-9-16-6-2-11-10(8-16)12-13-14-3-7-17(13)4-1-5-18(12)15-11/h3,7,9H,1-2,4-6,8H2. The molecule has 0 fully saturated rings. The molecule has 4 rings (SSSR count). The summed E-state index contributed by atoms with van der Waals surface area (Å²) in [7, 11) is 0. The summed E-state index contributed by atoms with van der Waals surface area (Å²) in [6.07, 6.45) is 6.69. The second kappa shape index (κ2) is 3.94. The first-order valence-corrected chi connectivity index (χ1v) is 6.66. The van der Waals surface area contributed by atoms with Crippen LogP contribution in [0.1, 0.15) is 17.7 Å². The fraction of sp³-hybridized carbons (Fsp3) is 0.462. The topological polar surface area (TPSA) is 56.0 Å². The first-order valence-electron chi connectivity index (χ1n) is 6.66. The summed E-state index contributed by atoms with van der Waals surface area (Å²) in [6, 6.07) is 0. The van der Waals surface area contributed by atoms with Crippen molar-refractivity contribution in [2.45, 2.75) is 32.5 Å². The number of aromatic nitrogens is 4. The molecule has 0 unspecified atom stereocenters. The molecule has 0 N–H and O–H groups in total. The Hall–Kier alpha value is -2.11. The minimum Gasteiger partial charge on any atom is -0.340 e. The molecule has 0 bridgehead atoms. The molecule has 0 atom stereocenters. The lowest BCUT2D eigenvalue weighted by Crippen LogP contribution is -2.29. The maximum atomic E-state index is 11.0. The van der Waals surface area contributed by atoms with Gasteiger partial charge < -0.3 is 9.47 Å². The van der Waals surface area contributed by atoms with E-state index in [1.54, 1.807) is 0 Å². The fourth-order valence-electron chi connectivity index (χ4n) is 3.05. The Balaban J connectivity index is 1.91. The average molecular weight is 257 g/mol. The van der Waals surface area contributed by atoms with Crippen LogP contribution in [0.5, 0.6) is 0 Å². The number of nitrogens with zero attached hydrogens (tertiary/aromatic N) is 5. The molecule has 2 aliphatic heterocycles. The predicted molar refractivity (Wildman–Crippen MR) is 68.2 cm³/mol. The number of fused-ring (bicyclic) bond motifs is 5. The molecule has 4 heterocycles. The molecule has 1 amide bonds. The summed E-state index contributed by atoms with van der Waals surface area (Å²) >= 11 is 0. The highest BCUT2D eigenvalue weighted by molar-refractivity contribution is 5.60. The number of carbonyl (C=O) groups is 1. The summed E-state index contributed by atoms with van der Waals surface area (Å²) in [5, 5.41) is 4.72. The third-order valence-corrected chi connectivity index (χ3v) is 3.98. The van der Waals surface area contributed by atoms with Gasteiger partial charge in [-0.15, -0.1) is 0 Å². The molecule has 98 valence electrons. The summed E-state index contributed by atoms with van der Waals surface area (Å²) in [4.78, 5) is 17.3. The molecule has 0 aliphatic carbocycles. The van der Waals surface area contributed by atoms with E-state index >= 15 is 0 Å². The van der Waals surface area contributed by atoms with Gasteiger partial charge >= 0.3 is 0 Å². The van der Waals surface area contributed by atoms with E-state index in [4.69, 9.17) is 5.10 Å². The van der Waals surface area contributed by atoms with Gasteiger partial charge in [-0.25, -0.2) is 4.98 Å². The summed E-state index contributed by atoms with van der Waals surface area (Å²) in [5.41, 5.74) is 3.40. The van der Waals surface area contributed by atoms with Gasteiger partial charge in [0.15, 0.2) is 5.82 Å². The van der Waals surface area contributed by atoms with Gasteiger partial charge in [-0.05, 0) is 6.42 Å². The van der Waals surface area contributed by atoms with Crippen LogP contribution in [0.25, 0.3) is 11.5 Å². The van der Waals surface area contributed by atoms with Crippen molar-refractivity contribution in [3.05, 3.63) is 23.7 Å². The van der Waals surface area contributed by atoms with Crippen LogP contribution in [0, 0.1) is 0 Å². The lowest BCUT2D eigenvalue weighted by Gasteiger charge is -2.22. The van der Waals surface area contributed by atoms with Gasteiger partial charge in [0.05, 0.1) is 5.69 Å². The highest BCUT2D eigenvalue weighted by Crippen LogP contribution is 2.31. The van der Waals surface area contributed by atoms with Crippen LogP contribution >= 0.6 is 0 Å². The van der Waals surface area contributed by atoms with Crippen LogP contribution in [0.3, 0.4) is 0 Å². The first kappa shape index (κ1) is 10.8. The molecule has 2 aromatic rings. The molecule has 2 aromatic heterocycles. The van der Waals surface area contributed by atoms with Crippen LogP contribution in [-0.4, -0.2) is 37.2 Å². The Morgan fingerprint density at radius 1 is 1.26 bits per heavy atom. The van der Waals surface area contributed by atoms with E-state index in [1.807, 2.05) is 17.3 Å². The van der Waals surface area contributed by atoms with E-state index in [0.717, 1.165) is 56.1 Å². The van der Waals surface area contributed by atoms with Gasteiger partial charge in [0, 0.05) is 50.6 Å². The zero-order valence-corrected chi connectivity index (χ0v) is 10.6. The van der Waals surface area contributed by atoms with Crippen molar-refractivity contribution in [3.63, 3.8) is 0 Å². The van der Waals surface area contributed by atoms with Crippen LogP contribution in [0.4, 0.5) is 0 Å². The number of amides is 1. The van der Waals surface area contributed by atoms with Gasteiger partial charge in [-0.3, -0.25) is 9.48 Å². The molecular formula is C13H15N5O. The van der Waals surface area contributed by atoms with Crippen molar-refractivity contribution < 1.29 is 4.79 Å². The number of hydrogen-bond donors (Lipinski definition) is 0. The van der Waals surface area contributed by atoms with Gasteiger partial charge in [0.25, 0.3) is 0 Å². The lowest BCUT2D eigenvalue weighted by atomic mass is 10.1. The molecule has 19 heavy (non-hydrogen) atoms. The van der Waals surface area contributed by atoms with Crippen LogP contribution < -0.4 is 0 Å². The largest absolute Gasteiger partial charge is 0.340 e. The van der Waals surface area contributed by atoms with Gasteiger partial charge in [-0.1, -0.05) is 0 Å². The van der Waals surface area contributed by atoms with Gasteiger partial charge in [-0.2, -0.15) is 5.10 Å². The molecule has 0 spiro atoms. The van der Waals surface area contributed by atoms with E-state index in [1.165, 1.54) is 5.56 Å². The summed E-state index contributed by atoms with van der Waals surface area (Å²) in [6.45, 7) is 3.32. The van der Waals surface area contributed by atoms with Crippen molar-refractivity contribution in [1.82, 2.24) is 24.2 Å². The Labute approximate surface area is 110 Å². The van der Waals surface area contributed by atoms with E-state index in [9.17, 15) is 4.79 Å². The first-order chi connectivity index (χ1) is 9.36. The maximum absolute atomic E-state index is 11.0. The van der Waals surface area contributed by atoms with Crippen molar-refractivity contribution in [2.75, 3.05) is 6.54 Å². The molecule has 6 heteroatoms. The molecule has 2 aliphatic rings. The second-order valence-corrected chi connectivity index (χ2v) is 5.12. The molecule has 6 nitrogen and oxygen atoms in total. The van der Waals surface area contributed by atoms with Crippen LogP contribution in [-0.2, 0) is 30.8 Å². The zero-order valence-electron chi connectivity index (χ0n) is 10.6. The lowest BCUT2D eigenvalue weighted by molar-refractivity contribution is -0.118. The van der Waals surface area contributed by atoms with Crippen molar-refractivity contribution in [1.29, 1.82) is 0 Å². The minimum atomic E-state index is 0.654. The van der Waals surface area contributed by atoms with Crippen molar-refractivity contribution in [2.24, 2.45) is 0 Å². The Morgan fingerprint density at radius 3 is 3.11 bits per heavy atom. The van der Waals surface area contributed by atoms with Crippen LogP contribution in [0.2, 0.25) is 0 Å². The quantitative estimate of drug-likeness (QED) is 0.705. The minimum absolute atomic E-state index is 0.654. The highest BCUT2D eigenvalue weighted by atomic mass is 16.1. The predicted octanol–water partition coefficient (Wildman–Crippen LogP) is 0.665. The summed E-state index contributed by atoms with van der Waals surface area (Å²) < 4.78 is 4.26. The van der Waals surface area contributed by atoms with E-state index in [-0.39, 0.29) is 0 Å². The highest BCUT2D eigenvalue weighted by Gasteiger charge is 2.28. The van der Waals surface area contributed by atoms with E-state index in [2.05, 4.69) is 14.2 Å². The Bertz CT molecular complexity index is 641. The number of hydrogen-bond acceptors (Lipinski definition) is 3. The third-order valence-electron chi connectivity index (χ3n) is 3.98. The van der Waals surface area contributed by atoms with Crippen molar-refractivity contribution >= 4 is 6.41 Å². The smallest absolute Gasteiger partial charge is 0.210 e. The summed E-state index contributed by atoms with van der Waals surface area (Å²) in [5.74, 6) is 0.985. The van der Waals surface area contributed by atoms with Gasteiger partial charge in [0.2, 0.25) is 6.41 Å². The molecule has 0 radical (unpaired) electrons. The maximum Gasteiger partial charge on any atom is 0.210 e. The molecule has 0 saturated heterocycles. The number of rotatable bonds is 1. The third kappa shape index (κ3) is 1.52. The van der Waals surface area contributed by atoms with Crippen LogP contribution in [0.15, 0.2) is 12.4 Å². The molecular weight excluding hydrogens is 242 g/mol. The monoisotopic (exact) mass is 257 g/mol. The van der Waals surface area contributed by atoms with E-state index in [0.29, 0.717) is 6.54 Å². The normalized spacial score (nSPS) is 17.4. The zero-order chi connectivity index (χ0) is 12.8. The molecule has 0 aromatic carbocycles. The Morgan fingerprint density at radius 2 is 2.21 bits per heavy atom. The van der Waals surface area contributed by atoms with Crippen molar-refractivity contribution in [3.8, 4) is 11.5 Å². The number of carbonyl (C=O) groups excluding carboxylic acids is 1. The number of imidazole rings is 1. The Kier molecular flexibility index (Phi) is 2.24. The number of aryl methyl sites for hydroxylation is 2. The molecule has 0 saturated carbocycles. The second-order valence-electron chi connectivity index (χ2n) is 5.12. The SMILES string of the molecule is O=CN1CCc2nn3c(c2C1)-c1nccn1CCC3. The average Bonchev–Trinajstić information content (AvgIpc) is 2.98. The fourth-order valence-corrected chi connectivity index (χ4v) is 3.05. The van der Waals surface area contributed by atoms with Gasteiger partial charge in [0.1, 0.15) is 5.69 Å².